The van der Waals surface area contributed by atoms with Crippen LogP contribution in [-0.2, 0) is 41.6 Å². The number of hydrogen-bond acceptors (Lipinski definition) is 7. The molecule has 0 aliphatic carbocycles. The van der Waals surface area contributed by atoms with E-state index >= 15 is 0 Å². The summed E-state index contributed by atoms with van der Waals surface area (Å²) in [6.45, 7) is 15.0. The van der Waals surface area contributed by atoms with Gasteiger partial charge in [0, 0.05) is 6.54 Å². The van der Waals surface area contributed by atoms with E-state index in [9.17, 15) is 4.79 Å². The Bertz CT molecular complexity index is 1470. The second-order valence-electron chi connectivity index (χ2n) is 14.2. The Labute approximate surface area is 273 Å². The van der Waals surface area contributed by atoms with E-state index in [1.54, 1.807) is 0 Å². The molecule has 6 rings (SSSR count). The number of benzene rings is 3. The summed E-state index contributed by atoms with van der Waals surface area (Å²) in [4.78, 5) is 16.3. The maximum atomic E-state index is 14.5. The highest BCUT2D eigenvalue weighted by Crippen LogP contribution is 2.47. The second kappa shape index (κ2) is 12.9. The minimum atomic E-state index is -2.28. The smallest absolute Gasteiger partial charge is 0.410 e. The van der Waals surface area contributed by atoms with Crippen molar-refractivity contribution in [2.75, 3.05) is 0 Å². The van der Waals surface area contributed by atoms with Gasteiger partial charge in [0.25, 0.3) is 0 Å². The van der Waals surface area contributed by atoms with Gasteiger partial charge in [-0.15, -0.1) is 0 Å². The van der Waals surface area contributed by atoms with Crippen molar-refractivity contribution in [3.05, 3.63) is 102 Å². The van der Waals surface area contributed by atoms with Crippen molar-refractivity contribution in [1.82, 2.24) is 4.90 Å². The molecule has 3 aliphatic rings. The molecule has 0 bridgehead atoms. The SMILES string of the molecule is C[C@H]([C@H]([C@H]1O[C@@H]2OC(C)(C)O[C@@H]2[C@H]2OC(C)(C)O[C@H]21)N(Cc1ccccc1)C(=O)OCc1ccccc1)[Si](C)(C)c1ccccc1. The highest BCUT2D eigenvalue weighted by Gasteiger charge is 2.63. The predicted molar refractivity (Wildman–Crippen MR) is 178 cm³/mol. The van der Waals surface area contributed by atoms with E-state index in [0.29, 0.717) is 6.54 Å². The average molecular weight is 646 g/mol. The molecule has 0 N–H and O–H groups in total. The normalized spacial score (nSPS) is 27.7. The Morgan fingerprint density at radius 3 is 1.91 bits per heavy atom. The number of hydrogen-bond donors (Lipinski definition) is 0. The van der Waals surface area contributed by atoms with Crippen LogP contribution in [-0.4, -0.2) is 67.4 Å². The maximum absolute atomic E-state index is 14.5. The van der Waals surface area contributed by atoms with Crippen LogP contribution in [0.5, 0.6) is 0 Å². The van der Waals surface area contributed by atoms with Crippen molar-refractivity contribution >= 4 is 19.4 Å². The van der Waals surface area contributed by atoms with Crippen LogP contribution in [0.15, 0.2) is 91.0 Å². The fourth-order valence-electron chi connectivity index (χ4n) is 7.08. The summed E-state index contributed by atoms with van der Waals surface area (Å²) >= 11 is 0. The van der Waals surface area contributed by atoms with E-state index in [0.717, 1.165) is 11.1 Å². The first-order valence-electron chi connectivity index (χ1n) is 16.3. The number of amides is 1. The maximum Gasteiger partial charge on any atom is 0.410 e. The highest BCUT2D eigenvalue weighted by atomic mass is 28.3. The van der Waals surface area contributed by atoms with Gasteiger partial charge >= 0.3 is 6.09 Å². The minimum Gasteiger partial charge on any atom is -0.445 e. The Hall–Kier alpha value is -3.05. The number of carbonyl (C=O) groups is 1. The highest BCUT2D eigenvalue weighted by molar-refractivity contribution is 6.91. The van der Waals surface area contributed by atoms with Gasteiger partial charge in [0.15, 0.2) is 17.9 Å². The Morgan fingerprint density at radius 1 is 0.761 bits per heavy atom. The predicted octanol–water partition coefficient (Wildman–Crippen LogP) is 6.60. The van der Waals surface area contributed by atoms with Crippen molar-refractivity contribution in [2.45, 2.75) is 115 Å². The summed E-state index contributed by atoms with van der Waals surface area (Å²) in [5.41, 5.74) is 1.91. The van der Waals surface area contributed by atoms with Crippen LogP contribution in [0.4, 0.5) is 4.79 Å². The van der Waals surface area contributed by atoms with Gasteiger partial charge in [-0.25, -0.2) is 4.79 Å². The van der Waals surface area contributed by atoms with Gasteiger partial charge in [0.05, 0.1) is 14.1 Å². The van der Waals surface area contributed by atoms with Gasteiger partial charge in [-0.2, -0.15) is 0 Å². The third kappa shape index (κ3) is 6.81. The number of ether oxygens (including phenoxy) is 6. The van der Waals surface area contributed by atoms with Crippen LogP contribution < -0.4 is 5.19 Å². The molecule has 3 fully saturated rings. The lowest BCUT2D eigenvalue weighted by Gasteiger charge is -2.49. The quantitative estimate of drug-likeness (QED) is 0.243. The molecule has 0 radical (unpaired) electrons. The van der Waals surface area contributed by atoms with E-state index in [1.807, 2.05) is 99.3 Å². The summed E-state index contributed by atoms with van der Waals surface area (Å²) in [7, 11) is -2.28. The largest absolute Gasteiger partial charge is 0.445 e. The molecule has 9 heteroatoms. The third-order valence-corrected chi connectivity index (χ3v) is 14.1. The van der Waals surface area contributed by atoms with Gasteiger partial charge in [-0.1, -0.05) is 116 Å². The molecular formula is C37H47NO7Si. The molecule has 0 unspecified atom stereocenters. The first-order chi connectivity index (χ1) is 21.8. The zero-order valence-electron chi connectivity index (χ0n) is 27.9. The molecule has 3 saturated heterocycles. The molecule has 3 heterocycles. The summed E-state index contributed by atoms with van der Waals surface area (Å²) in [5.74, 6) is -1.73. The van der Waals surface area contributed by atoms with E-state index < -0.39 is 62.5 Å². The lowest BCUT2D eigenvalue weighted by atomic mass is 9.91. The molecule has 3 aromatic rings. The van der Waals surface area contributed by atoms with Gasteiger partial charge in [0.2, 0.25) is 0 Å². The van der Waals surface area contributed by atoms with Crippen LogP contribution in [0.2, 0.25) is 18.6 Å². The minimum absolute atomic E-state index is 0.00673. The van der Waals surface area contributed by atoms with Crippen LogP contribution in [0.25, 0.3) is 0 Å². The molecule has 8 nitrogen and oxygen atoms in total. The van der Waals surface area contributed by atoms with E-state index in [2.05, 4.69) is 44.3 Å². The van der Waals surface area contributed by atoms with Crippen molar-refractivity contribution in [2.24, 2.45) is 0 Å². The molecule has 1 amide bonds. The van der Waals surface area contributed by atoms with Crippen molar-refractivity contribution in [3.8, 4) is 0 Å². The van der Waals surface area contributed by atoms with Crippen LogP contribution in [0, 0.1) is 0 Å². The number of nitrogens with zero attached hydrogens (tertiary/aromatic N) is 1. The molecule has 46 heavy (non-hydrogen) atoms. The summed E-state index contributed by atoms with van der Waals surface area (Å²) < 4.78 is 38.8. The monoisotopic (exact) mass is 645 g/mol. The molecule has 7 atom stereocenters. The van der Waals surface area contributed by atoms with Gasteiger partial charge in [-0.05, 0) is 44.4 Å². The van der Waals surface area contributed by atoms with E-state index in [4.69, 9.17) is 28.4 Å². The topological polar surface area (TPSA) is 75.7 Å². The molecule has 0 saturated carbocycles. The summed E-state index contributed by atoms with van der Waals surface area (Å²) in [6, 6.07) is 29.9. The number of carbonyl (C=O) groups excluding carboxylic acids is 1. The van der Waals surface area contributed by atoms with Gasteiger partial charge in [0.1, 0.15) is 31.0 Å². The molecule has 3 aromatic carbocycles. The van der Waals surface area contributed by atoms with Crippen molar-refractivity contribution in [1.29, 1.82) is 0 Å². The Morgan fingerprint density at radius 2 is 1.28 bits per heavy atom. The van der Waals surface area contributed by atoms with E-state index in [-0.39, 0.29) is 12.1 Å². The lowest BCUT2D eigenvalue weighted by molar-refractivity contribution is -0.245. The zero-order valence-corrected chi connectivity index (χ0v) is 28.9. The summed E-state index contributed by atoms with van der Waals surface area (Å²) in [6.07, 6.45) is -3.12. The number of fused-ring (bicyclic) bond motifs is 3. The van der Waals surface area contributed by atoms with Crippen LogP contribution in [0.3, 0.4) is 0 Å². The molecule has 3 aliphatic heterocycles. The second-order valence-corrected chi connectivity index (χ2v) is 19.1. The molecule has 0 aromatic heterocycles. The Kier molecular flexibility index (Phi) is 9.19. The van der Waals surface area contributed by atoms with Gasteiger partial charge in [-0.3, -0.25) is 4.90 Å². The molecule has 246 valence electrons. The van der Waals surface area contributed by atoms with E-state index in [1.165, 1.54) is 5.19 Å². The van der Waals surface area contributed by atoms with Crippen molar-refractivity contribution in [3.63, 3.8) is 0 Å². The molecular weight excluding hydrogens is 598 g/mol. The van der Waals surface area contributed by atoms with Gasteiger partial charge < -0.3 is 28.4 Å². The lowest BCUT2D eigenvalue weighted by Crippen LogP contribution is -2.66. The third-order valence-electron chi connectivity index (χ3n) is 9.69. The fraction of sp³-hybridized carbons (Fsp3) is 0.486. The first kappa shape index (κ1) is 32.9. The average Bonchev–Trinajstić information content (AvgIpc) is 3.54. The Balaban J connectivity index is 1.44. The first-order valence-corrected chi connectivity index (χ1v) is 19.4. The van der Waals surface area contributed by atoms with Crippen LogP contribution in [0.1, 0.15) is 45.7 Å². The van der Waals surface area contributed by atoms with Crippen molar-refractivity contribution < 1.29 is 33.2 Å². The number of rotatable bonds is 9. The fourth-order valence-corrected chi connectivity index (χ4v) is 9.88. The standard InChI is InChI=1S/C37H47NO7Si/c1-25(46(6,7)28-21-15-10-16-22-28)29(30-31-32(43-36(2,3)42-31)33-34(41-30)45-37(4,5)44-33)38(23-26-17-11-8-12-18-26)35(39)40-24-27-19-13-9-14-20-27/h8-22,25,29-34H,23-24H2,1-7H3/t25-,29-,30-,31+,32+,33-,34-/m1/s1. The zero-order chi connectivity index (χ0) is 32.7. The molecule has 0 spiro atoms. The summed E-state index contributed by atoms with van der Waals surface area (Å²) in [5, 5.41) is 1.29. The van der Waals surface area contributed by atoms with Crippen LogP contribution >= 0.6 is 0 Å².